The lowest BCUT2D eigenvalue weighted by molar-refractivity contribution is -0.149. The van der Waals surface area contributed by atoms with E-state index in [4.69, 9.17) is 10.8 Å². The number of likely N-dealkylation sites (tertiary alicyclic amines) is 1. The summed E-state index contributed by atoms with van der Waals surface area (Å²) in [6, 6.07) is 0. The maximum absolute atomic E-state index is 11.5. The molecule has 2 unspecified atom stereocenters. The molecule has 84 valence electrons. The van der Waals surface area contributed by atoms with E-state index in [1.165, 1.54) is 11.8 Å². The SMILES string of the molecule is CC(C(=O)O)C(=O)N1CCC(C(N)=O)C1. The minimum absolute atomic E-state index is 0.242. The second-order valence-corrected chi connectivity index (χ2v) is 3.73. The van der Waals surface area contributed by atoms with Crippen LogP contribution in [0, 0.1) is 11.8 Å². The Kier molecular flexibility index (Phi) is 3.28. The highest BCUT2D eigenvalue weighted by Crippen LogP contribution is 2.17. The molecule has 15 heavy (non-hydrogen) atoms. The van der Waals surface area contributed by atoms with E-state index in [-0.39, 0.29) is 12.5 Å². The Balaban J connectivity index is 2.57. The number of amides is 2. The first-order valence-corrected chi connectivity index (χ1v) is 4.74. The van der Waals surface area contributed by atoms with Crippen molar-refractivity contribution in [1.29, 1.82) is 0 Å². The first kappa shape index (κ1) is 11.5. The number of rotatable bonds is 3. The number of nitrogens with zero attached hydrogens (tertiary/aromatic N) is 1. The Morgan fingerprint density at radius 3 is 2.47 bits per heavy atom. The Labute approximate surface area is 87.0 Å². The van der Waals surface area contributed by atoms with Gasteiger partial charge in [0.2, 0.25) is 11.8 Å². The molecule has 2 amide bonds. The van der Waals surface area contributed by atoms with Crippen molar-refractivity contribution in [1.82, 2.24) is 4.90 Å². The molecule has 0 aromatic heterocycles. The summed E-state index contributed by atoms with van der Waals surface area (Å²) in [5, 5.41) is 8.65. The standard InChI is InChI=1S/C9H14N2O4/c1-5(9(14)15)8(13)11-3-2-6(4-11)7(10)12/h5-6H,2-4H2,1H3,(H2,10,12)(H,14,15). The first-order chi connectivity index (χ1) is 6.93. The van der Waals surface area contributed by atoms with E-state index >= 15 is 0 Å². The normalized spacial score (nSPS) is 22.5. The maximum atomic E-state index is 11.5. The number of carboxylic acid groups (broad SMARTS) is 1. The number of hydrogen-bond acceptors (Lipinski definition) is 3. The predicted molar refractivity (Wildman–Crippen MR) is 50.7 cm³/mol. The van der Waals surface area contributed by atoms with E-state index in [2.05, 4.69) is 0 Å². The lowest BCUT2D eigenvalue weighted by Gasteiger charge is -2.18. The van der Waals surface area contributed by atoms with Gasteiger partial charge in [0.1, 0.15) is 5.92 Å². The fourth-order valence-corrected chi connectivity index (χ4v) is 1.57. The molecule has 6 heteroatoms. The number of carbonyl (C=O) groups excluding carboxylic acids is 2. The van der Waals surface area contributed by atoms with Crippen molar-refractivity contribution in [3.8, 4) is 0 Å². The van der Waals surface area contributed by atoms with E-state index in [9.17, 15) is 14.4 Å². The van der Waals surface area contributed by atoms with Gasteiger partial charge in [0, 0.05) is 13.1 Å². The highest BCUT2D eigenvalue weighted by molar-refractivity contribution is 5.96. The zero-order valence-electron chi connectivity index (χ0n) is 8.47. The molecule has 1 fully saturated rings. The van der Waals surface area contributed by atoms with Gasteiger partial charge in [-0.3, -0.25) is 14.4 Å². The van der Waals surface area contributed by atoms with Crippen molar-refractivity contribution in [2.75, 3.05) is 13.1 Å². The van der Waals surface area contributed by atoms with Crippen LogP contribution in [0.4, 0.5) is 0 Å². The van der Waals surface area contributed by atoms with Crippen LogP contribution in [-0.4, -0.2) is 40.9 Å². The van der Waals surface area contributed by atoms with Gasteiger partial charge in [-0.2, -0.15) is 0 Å². The van der Waals surface area contributed by atoms with Gasteiger partial charge in [0.05, 0.1) is 5.92 Å². The van der Waals surface area contributed by atoms with Crippen LogP contribution in [-0.2, 0) is 14.4 Å². The highest BCUT2D eigenvalue weighted by Gasteiger charge is 2.33. The number of hydrogen-bond donors (Lipinski definition) is 2. The van der Waals surface area contributed by atoms with Crippen LogP contribution in [0.15, 0.2) is 0 Å². The first-order valence-electron chi connectivity index (χ1n) is 4.74. The van der Waals surface area contributed by atoms with Gasteiger partial charge in [-0.15, -0.1) is 0 Å². The van der Waals surface area contributed by atoms with Gasteiger partial charge in [-0.1, -0.05) is 0 Å². The van der Waals surface area contributed by atoms with Gasteiger partial charge < -0.3 is 15.7 Å². The largest absolute Gasteiger partial charge is 0.481 e. The molecular formula is C9H14N2O4. The summed E-state index contributed by atoms with van der Waals surface area (Å²) in [5.74, 6) is -3.44. The summed E-state index contributed by atoms with van der Waals surface area (Å²) in [5.41, 5.74) is 5.10. The van der Waals surface area contributed by atoms with Crippen molar-refractivity contribution < 1.29 is 19.5 Å². The molecule has 1 saturated heterocycles. The van der Waals surface area contributed by atoms with Gasteiger partial charge in [0.15, 0.2) is 0 Å². The second kappa shape index (κ2) is 4.29. The summed E-state index contributed by atoms with van der Waals surface area (Å²) in [4.78, 5) is 34.3. The average molecular weight is 214 g/mol. The molecule has 6 nitrogen and oxygen atoms in total. The number of nitrogens with two attached hydrogens (primary N) is 1. The molecule has 0 radical (unpaired) electrons. The summed E-state index contributed by atoms with van der Waals surface area (Å²) in [6.45, 7) is 1.98. The zero-order chi connectivity index (χ0) is 11.6. The van der Waals surface area contributed by atoms with Crippen molar-refractivity contribution in [2.45, 2.75) is 13.3 Å². The van der Waals surface area contributed by atoms with Crippen LogP contribution in [0.25, 0.3) is 0 Å². The van der Waals surface area contributed by atoms with E-state index in [0.29, 0.717) is 13.0 Å². The van der Waals surface area contributed by atoms with Crippen molar-refractivity contribution in [2.24, 2.45) is 17.6 Å². The fourth-order valence-electron chi connectivity index (χ4n) is 1.57. The molecule has 0 saturated carbocycles. The molecule has 0 spiro atoms. The van der Waals surface area contributed by atoms with Gasteiger partial charge >= 0.3 is 5.97 Å². The third kappa shape index (κ3) is 2.45. The van der Waals surface area contributed by atoms with Crippen molar-refractivity contribution >= 4 is 17.8 Å². The minimum atomic E-state index is -1.15. The molecule has 0 bridgehead atoms. The minimum Gasteiger partial charge on any atom is -0.481 e. The molecule has 0 aromatic carbocycles. The van der Waals surface area contributed by atoms with Crippen molar-refractivity contribution in [3.63, 3.8) is 0 Å². The molecule has 3 N–H and O–H groups in total. The molecule has 0 aromatic rings. The average Bonchev–Trinajstić information content (AvgIpc) is 2.64. The van der Waals surface area contributed by atoms with Crippen LogP contribution in [0.5, 0.6) is 0 Å². The molecule has 1 heterocycles. The van der Waals surface area contributed by atoms with Crippen LogP contribution in [0.1, 0.15) is 13.3 Å². The quantitative estimate of drug-likeness (QED) is 0.591. The number of carboxylic acids is 1. The van der Waals surface area contributed by atoms with E-state index in [0.717, 1.165) is 0 Å². The number of primary amides is 1. The molecule has 2 atom stereocenters. The number of aliphatic carboxylic acids is 1. The van der Waals surface area contributed by atoms with Crippen LogP contribution >= 0.6 is 0 Å². The molecule has 1 aliphatic heterocycles. The smallest absolute Gasteiger partial charge is 0.315 e. The Morgan fingerprint density at radius 2 is 2.07 bits per heavy atom. The number of carbonyl (C=O) groups is 3. The summed E-state index contributed by atoms with van der Waals surface area (Å²) in [6.07, 6.45) is 0.521. The van der Waals surface area contributed by atoms with Gasteiger partial charge in [-0.25, -0.2) is 0 Å². The van der Waals surface area contributed by atoms with Gasteiger partial charge in [-0.05, 0) is 13.3 Å². The summed E-state index contributed by atoms with van der Waals surface area (Å²) >= 11 is 0. The van der Waals surface area contributed by atoms with Crippen LogP contribution in [0.3, 0.4) is 0 Å². The summed E-state index contributed by atoms with van der Waals surface area (Å²) < 4.78 is 0. The topological polar surface area (TPSA) is 101 Å². The second-order valence-electron chi connectivity index (χ2n) is 3.73. The highest BCUT2D eigenvalue weighted by atomic mass is 16.4. The summed E-state index contributed by atoms with van der Waals surface area (Å²) in [7, 11) is 0. The third-order valence-corrected chi connectivity index (χ3v) is 2.64. The zero-order valence-corrected chi connectivity index (χ0v) is 8.47. The Hall–Kier alpha value is -1.59. The fraction of sp³-hybridized carbons (Fsp3) is 0.667. The monoisotopic (exact) mass is 214 g/mol. The van der Waals surface area contributed by atoms with Gasteiger partial charge in [0.25, 0.3) is 0 Å². The Morgan fingerprint density at radius 1 is 1.47 bits per heavy atom. The van der Waals surface area contributed by atoms with Crippen molar-refractivity contribution in [3.05, 3.63) is 0 Å². The van der Waals surface area contributed by atoms with E-state index < -0.39 is 23.7 Å². The molecule has 1 aliphatic rings. The lowest BCUT2D eigenvalue weighted by atomic mass is 10.1. The van der Waals surface area contributed by atoms with E-state index in [1.807, 2.05) is 0 Å². The van der Waals surface area contributed by atoms with Crippen LogP contribution in [0.2, 0.25) is 0 Å². The maximum Gasteiger partial charge on any atom is 0.315 e. The molecule has 1 rings (SSSR count). The predicted octanol–water partition coefficient (Wildman–Crippen LogP) is -0.959. The van der Waals surface area contributed by atoms with Crippen LogP contribution < -0.4 is 5.73 Å². The molecule has 0 aliphatic carbocycles. The lowest BCUT2D eigenvalue weighted by Crippen LogP contribution is -2.37. The molecular weight excluding hydrogens is 200 g/mol. The third-order valence-electron chi connectivity index (χ3n) is 2.64. The Bertz CT molecular complexity index is 302. The van der Waals surface area contributed by atoms with E-state index in [1.54, 1.807) is 0 Å².